The molecule has 9 heteroatoms. The summed E-state index contributed by atoms with van der Waals surface area (Å²) in [6, 6.07) is 9.53. The molecule has 9 nitrogen and oxygen atoms in total. The molecule has 1 aliphatic carbocycles. The second-order valence-corrected chi connectivity index (χ2v) is 6.39. The Morgan fingerprint density at radius 3 is 2.32 bits per heavy atom. The van der Waals surface area contributed by atoms with Gasteiger partial charge in [-0.1, -0.05) is 18.2 Å². The molecule has 1 aromatic heterocycles. The van der Waals surface area contributed by atoms with Gasteiger partial charge in [0, 0.05) is 17.5 Å². The molecule has 3 rings (SSSR count). The number of carboxylic acids is 2. The molecule has 0 radical (unpaired) electrons. The number of primary amides is 1. The first-order chi connectivity index (χ1) is 13.1. The lowest BCUT2D eigenvalue weighted by Gasteiger charge is -2.24. The van der Waals surface area contributed by atoms with Gasteiger partial charge in [-0.25, -0.2) is 9.48 Å². The third kappa shape index (κ3) is 4.85. The Morgan fingerprint density at radius 2 is 1.82 bits per heavy atom. The smallest absolute Gasteiger partial charge is 0.331 e. The number of para-hydroxylation sites is 1. The van der Waals surface area contributed by atoms with Crippen LogP contribution in [0.4, 0.5) is 0 Å². The number of hydrogen-bond acceptors (Lipinski definition) is 5. The molecular formula is C19H20N4O5. The van der Waals surface area contributed by atoms with Crippen LogP contribution in [0.15, 0.2) is 66.1 Å². The number of amides is 1. The van der Waals surface area contributed by atoms with Crippen molar-refractivity contribution in [3.63, 3.8) is 0 Å². The summed E-state index contributed by atoms with van der Waals surface area (Å²) in [5, 5.41) is 21.6. The van der Waals surface area contributed by atoms with Crippen LogP contribution in [0.1, 0.15) is 23.7 Å². The maximum atomic E-state index is 10.9. The second-order valence-electron chi connectivity index (χ2n) is 6.39. The first kappa shape index (κ1) is 20.4. The molecule has 1 atom stereocenters. The Labute approximate surface area is 160 Å². The fourth-order valence-electron chi connectivity index (χ4n) is 2.56. The number of allylic oxidation sites excluding steroid dienone is 1. The van der Waals surface area contributed by atoms with E-state index in [1.807, 2.05) is 30.3 Å². The highest BCUT2D eigenvalue weighted by Gasteiger charge is 2.36. The summed E-state index contributed by atoms with van der Waals surface area (Å²) in [4.78, 5) is 32.4. The van der Waals surface area contributed by atoms with Gasteiger partial charge in [0.15, 0.2) is 0 Å². The van der Waals surface area contributed by atoms with Crippen molar-refractivity contribution in [2.24, 2.45) is 16.9 Å². The van der Waals surface area contributed by atoms with E-state index in [1.165, 1.54) is 25.3 Å². The Kier molecular flexibility index (Phi) is 5.99. The number of nitrogens with two attached hydrogens (primary N) is 2. The van der Waals surface area contributed by atoms with Crippen molar-refractivity contribution in [2.45, 2.75) is 13.3 Å². The molecule has 1 amide bonds. The monoisotopic (exact) mass is 384 g/mol. The number of carbonyl (C=O) groups excluding carboxylic acids is 1. The molecule has 0 bridgehead atoms. The summed E-state index contributed by atoms with van der Waals surface area (Å²) in [6.45, 7) is 1.44. The summed E-state index contributed by atoms with van der Waals surface area (Å²) in [7, 11) is 0. The number of carboxylic acid groups (broad SMARTS) is 2. The topological polar surface area (TPSA) is 162 Å². The van der Waals surface area contributed by atoms with Crippen molar-refractivity contribution in [2.75, 3.05) is 0 Å². The molecule has 0 spiro atoms. The average Bonchev–Trinajstić information content (AvgIpc) is 3.12. The van der Waals surface area contributed by atoms with Crippen LogP contribution < -0.4 is 11.5 Å². The zero-order valence-corrected chi connectivity index (χ0v) is 15.1. The number of rotatable bonds is 4. The van der Waals surface area contributed by atoms with E-state index in [1.54, 1.807) is 10.9 Å². The van der Waals surface area contributed by atoms with Crippen LogP contribution in [0.3, 0.4) is 0 Å². The van der Waals surface area contributed by atoms with Gasteiger partial charge in [0.1, 0.15) is 0 Å². The summed E-state index contributed by atoms with van der Waals surface area (Å²) in [5.74, 6) is -2.67. The van der Waals surface area contributed by atoms with Crippen LogP contribution in [0, 0.1) is 5.41 Å². The SMILES string of the molecule is CC1(C(=O)O)C=C(N)C=C(C(=O)O)C1.NC(=O)c1cnn(-c2ccccc2)c1. The quantitative estimate of drug-likeness (QED) is 0.617. The zero-order valence-electron chi connectivity index (χ0n) is 15.1. The van der Waals surface area contributed by atoms with Crippen LogP contribution in [-0.4, -0.2) is 37.8 Å². The van der Waals surface area contributed by atoms with Gasteiger partial charge in [-0.3, -0.25) is 9.59 Å². The van der Waals surface area contributed by atoms with Gasteiger partial charge in [0.2, 0.25) is 0 Å². The summed E-state index contributed by atoms with van der Waals surface area (Å²) in [5.41, 5.74) is 10.8. The molecule has 1 heterocycles. The molecule has 1 unspecified atom stereocenters. The van der Waals surface area contributed by atoms with E-state index in [0.717, 1.165) is 5.69 Å². The molecule has 2 aromatic rings. The van der Waals surface area contributed by atoms with Crippen molar-refractivity contribution >= 4 is 17.8 Å². The molecule has 0 saturated heterocycles. The van der Waals surface area contributed by atoms with Crippen molar-refractivity contribution in [3.8, 4) is 5.69 Å². The van der Waals surface area contributed by atoms with Gasteiger partial charge in [-0.2, -0.15) is 5.10 Å². The van der Waals surface area contributed by atoms with Crippen LogP contribution in [0.5, 0.6) is 0 Å². The van der Waals surface area contributed by atoms with Gasteiger partial charge in [0.05, 0.1) is 22.9 Å². The Bertz CT molecular complexity index is 962. The van der Waals surface area contributed by atoms with Crippen molar-refractivity contribution in [1.29, 1.82) is 0 Å². The van der Waals surface area contributed by atoms with E-state index >= 15 is 0 Å². The lowest BCUT2D eigenvalue weighted by Crippen LogP contribution is -2.30. The lowest BCUT2D eigenvalue weighted by molar-refractivity contribution is -0.145. The fourth-order valence-corrected chi connectivity index (χ4v) is 2.56. The largest absolute Gasteiger partial charge is 0.481 e. The normalized spacial score (nSPS) is 18.2. The van der Waals surface area contributed by atoms with Crippen molar-refractivity contribution < 1.29 is 24.6 Å². The summed E-state index contributed by atoms with van der Waals surface area (Å²) >= 11 is 0. The Balaban J connectivity index is 0.000000200. The first-order valence-electron chi connectivity index (χ1n) is 8.18. The van der Waals surface area contributed by atoms with Crippen molar-refractivity contribution in [3.05, 3.63) is 71.7 Å². The molecule has 0 aliphatic heterocycles. The van der Waals surface area contributed by atoms with Gasteiger partial charge in [0.25, 0.3) is 5.91 Å². The summed E-state index contributed by atoms with van der Waals surface area (Å²) in [6.07, 6.45) is 5.67. The Hall–Kier alpha value is -3.88. The number of aromatic nitrogens is 2. The summed E-state index contributed by atoms with van der Waals surface area (Å²) < 4.78 is 1.61. The molecule has 146 valence electrons. The molecule has 1 aromatic carbocycles. The molecular weight excluding hydrogens is 364 g/mol. The lowest BCUT2D eigenvalue weighted by atomic mass is 9.79. The molecule has 1 aliphatic rings. The number of carbonyl (C=O) groups is 3. The van der Waals surface area contributed by atoms with Gasteiger partial charge in [-0.15, -0.1) is 0 Å². The number of nitrogens with zero attached hydrogens (tertiary/aromatic N) is 2. The van der Waals surface area contributed by atoms with Gasteiger partial charge < -0.3 is 21.7 Å². The Morgan fingerprint density at radius 1 is 1.18 bits per heavy atom. The maximum Gasteiger partial charge on any atom is 0.331 e. The highest BCUT2D eigenvalue weighted by atomic mass is 16.4. The third-order valence-corrected chi connectivity index (χ3v) is 4.03. The van der Waals surface area contributed by atoms with Crippen molar-refractivity contribution in [1.82, 2.24) is 9.78 Å². The third-order valence-electron chi connectivity index (χ3n) is 4.03. The van der Waals surface area contributed by atoms with Gasteiger partial charge >= 0.3 is 11.9 Å². The molecule has 0 saturated carbocycles. The highest BCUT2D eigenvalue weighted by molar-refractivity contribution is 5.92. The molecule has 0 fully saturated rings. The molecule has 28 heavy (non-hydrogen) atoms. The first-order valence-corrected chi connectivity index (χ1v) is 8.18. The average molecular weight is 384 g/mol. The second kappa shape index (κ2) is 8.21. The minimum absolute atomic E-state index is 0.0231. The fraction of sp³-hybridized carbons (Fsp3) is 0.158. The van der Waals surface area contributed by atoms with E-state index in [4.69, 9.17) is 21.7 Å². The number of benzene rings is 1. The number of hydrogen-bond donors (Lipinski definition) is 4. The molecule has 6 N–H and O–H groups in total. The predicted molar refractivity (Wildman–Crippen MR) is 100 cm³/mol. The highest BCUT2D eigenvalue weighted by Crippen LogP contribution is 2.32. The van der Waals surface area contributed by atoms with E-state index in [-0.39, 0.29) is 17.7 Å². The maximum absolute atomic E-state index is 10.9. The van der Waals surface area contributed by atoms with Crippen LogP contribution in [-0.2, 0) is 9.59 Å². The standard InChI is InChI=1S/C10H9N3O.C9H11NO4/c11-10(14)8-6-12-13(7-8)9-4-2-1-3-5-9;1-9(8(13)14)3-5(7(11)12)2-6(10)4-9/h1-7H,(H2,11,14);2,4H,3,10H2,1H3,(H,11,12)(H,13,14). The zero-order chi connectivity index (χ0) is 20.9. The van der Waals surface area contributed by atoms with E-state index in [0.29, 0.717) is 5.56 Å². The minimum atomic E-state index is -1.22. The predicted octanol–water partition coefficient (Wildman–Crippen LogP) is 1.31. The van der Waals surface area contributed by atoms with Crippen LogP contribution >= 0.6 is 0 Å². The van der Waals surface area contributed by atoms with Crippen LogP contribution in [0.2, 0.25) is 0 Å². The van der Waals surface area contributed by atoms with E-state index in [2.05, 4.69) is 5.10 Å². The van der Waals surface area contributed by atoms with Crippen LogP contribution in [0.25, 0.3) is 5.69 Å². The minimum Gasteiger partial charge on any atom is -0.481 e. The number of aliphatic carboxylic acids is 2. The van der Waals surface area contributed by atoms with E-state index < -0.39 is 23.3 Å². The van der Waals surface area contributed by atoms with Gasteiger partial charge in [-0.05, 0) is 37.6 Å². The van der Waals surface area contributed by atoms with E-state index in [9.17, 15) is 14.4 Å².